The van der Waals surface area contributed by atoms with E-state index in [0.717, 1.165) is 5.75 Å². The fourth-order valence-electron chi connectivity index (χ4n) is 1.73. The van der Waals surface area contributed by atoms with Crippen LogP contribution in [0.4, 0.5) is 10.1 Å². The lowest BCUT2D eigenvalue weighted by atomic mass is 10.2. The Morgan fingerprint density at radius 3 is 2.65 bits per heavy atom. The normalized spacial score (nSPS) is 10.1. The molecule has 4 heteroatoms. The lowest BCUT2D eigenvalue weighted by Crippen LogP contribution is -2.12. The zero-order valence-electron chi connectivity index (χ0n) is 11.0. The van der Waals surface area contributed by atoms with Gasteiger partial charge in [-0.2, -0.15) is 0 Å². The summed E-state index contributed by atoms with van der Waals surface area (Å²) in [6.07, 6.45) is 0.944. The topological polar surface area (TPSA) is 38.3 Å². The van der Waals surface area contributed by atoms with Gasteiger partial charge in [0.15, 0.2) is 0 Å². The summed E-state index contributed by atoms with van der Waals surface area (Å²) < 4.78 is 18.4. The average molecular weight is 273 g/mol. The third kappa shape index (κ3) is 4.72. The summed E-state index contributed by atoms with van der Waals surface area (Å²) in [5.41, 5.74) is 0.471. The summed E-state index contributed by atoms with van der Waals surface area (Å²) in [5.74, 6) is 0.278. The van der Waals surface area contributed by atoms with Gasteiger partial charge in [0.1, 0.15) is 11.6 Å². The predicted octanol–water partition coefficient (Wildman–Crippen LogP) is 3.62. The Morgan fingerprint density at radius 2 is 1.90 bits per heavy atom. The van der Waals surface area contributed by atoms with Crippen molar-refractivity contribution in [2.75, 3.05) is 11.9 Å². The predicted molar refractivity (Wildman–Crippen MR) is 76.2 cm³/mol. The highest BCUT2D eigenvalue weighted by atomic mass is 19.1. The molecule has 1 N–H and O–H groups in total. The molecule has 0 heterocycles. The van der Waals surface area contributed by atoms with E-state index in [2.05, 4.69) is 5.32 Å². The number of amides is 1. The Morgan fingerprint density at radius 1 is 1.10 bits per heavy atom. The van der Waals surface area contributed by atoms with Crippen LogP contribution in [-0.2, 0) is 4.79 Å². The van der Waals surface area contributed by atoms with Crippen LogP contribution in [-0.4, -0.2) is 12.5 Å². The van der Waals surface area contributed by atoms with Crippen molar-refractivity contribution in [2.24, 2.45) is 0 Å². The van der Waals surface area contributed by atoms with E-state index in [-0.39, 0.29) is 11.7 Å². The minimum Gasteiger partial charge on any atom is -0.494 e. The molecule has 0 unspecified atom stereocenters. The maximum atomic E-state index is 12.9. The second kappa shape index (κ2) is 7.28. The van der Waals surface area contributed by atoms with Crippen molar-refractivity contribution in [1.82, 2.24) is 0 Å². The third-order valence-corrected chi connectivity index (χ3v) is 2.67. The fourth-order valence-corrected chi connectivity index (χ4v) is 1.73. The molecule has 0 spiro atoms. The molecular formula is C16H16FNO2. The monoisotopic (exact) mass is 273 g/mol. The van der Waals surface area contributed by atoms with Crippen LogP contribution in [0, 0.1) is 5.82 Å². The summed E-state index contributed by atoms with van der Waals surface area (Å²) in [4.78, 5) is 11.6. The molecule has 20 heavy (non-hydrogen) atoms. The summed E-state index contributed by atoms with van der Waals surface area (Å²) in [6.45, 7) is 0.473. The van der Waals surface area contributed by atoms with Crippen LogP contribution in [0.3, 0.4) is 0 Å². The Hall–Kier alpha value is -2.36. The van der Waals surface area contributed by atoms with Gasteiger partial charge in [0.05, 0.1) is 6.61 Å². The van der Waals surface area contributed by atoms with E-state index < -0.39 is 0 Å². The number of hydrogen-bond donors (Lipinski definition) is 1. The first-order valence-electron chi connectivity index (χ1n) is 6.47. The number of carbonyl (C=O) groups excluding carboxylic acids is 1. The van der Waals surface area contributed by atoms with Gasteiger partial charge in [0.2, 0.25) is 5.91 Å². The van der Waals surface area contributed by atoms with Crippen LogP contribution in [0.2, 0.25) is 0 Å². The zero-order valence-corrected chi connectivity index (χ0v) is 11.0. The van der Waals surface area contributed by atoms with E-state index in [1.165, 1.54) is 12.1 Å². The molecule has 0 aromatic heterocycles. The highest BCUT2D eigenvalue weighted by Crippen LogP contribution is 2.11. The van der Waals surface area contributed by atoms with E-state index in [4.69, 9.17) is 4.74 Å². The number of carbonyl (C=O) groups is 1. The number of nitrogens with one attached hydrogen (secondary N) is 1. The van der Waals surface area contributed by atoms with E-state index in [9.17, 15) is 9.18 Å². The highest BCUT2D eigenvalue weighted by molar-refractivity contribution is 5.90. The number of ether oxygens (including phenoxy) is 1. The van der Waals surface area contributed by atoms with Crippen molar-refractivity contribution in [3.05, 3.63) is 60.4 Å². The number of hydrogen-bond acceptors (Lipinski definition) is 2. The van der Waals surface area contributed by atoms with Crippen molar-refractivity contribution in [2.45, 2.75) is 12.8 Å². The molecule has 0 saturated heterocycles. The molecule has 0 aliphatic rings. The Bertz CT molecular complexity index is 557. The first-order valence-corrected chi connectivity index (χ1v) is 6.47. The molecule has 0 atom stereocenters. The standard InChI is InChI=1S/C16H16FNO2/c17-13-6-4-7-14(12-13)18-16(19)10-5-11-20-15-8-2-1-3-9-15/h1-4,6-9,12H,5,10-11H2,(H,18,19). The van der Waals surface area contributed by atoms with Crippen LogP contribution < -0.4 is 10.1 Å². The molecule has 0 aliphatic carbocycles. The zero-order chi connectivity index (χ0) is 14.2. The summed E-state index contributed by atoms with van der Waals surface area (Å²) in [7, 11) is 0. The highest BCUT2D eigenvalue weighted by Gasteiger charge is 2.03. The summed E-state index contributed by atoms with van der Waals surface area (Å²) in [5, 5.41) is 2.65. The van der Waals surface area contributed by atoms with Gasteiger partial charge in [-0.05, 0) is 36.8 Å². The lowest BCUT2D eigenvalue weighted by Gasteiger charge is -2.07. The van der Waals surface area contributed by atoms with E-state index in [1.54, 1.807) is 12.1 Å². The number of halogens is 1. The second-order valence-electron chi connectivity index (χ2n) is 4.32. The van der Waals surface area contributed by atoms with Gasteiger partial charge in [-0.25, -0.2) is 4.39 Å². The van der Waals surface area contributed by atoms with Crippen LogP contribution in [0.1, 0.15) is 12.8 Å². The molecule has 0 radical (unpaired) electrons. The van der Waals surface area contributed by atoms with Gasteiger partial charge in [-0.15, -0.1) is 0 Å². The number of anilines is 1. The number of para-hydroxylation sites is 1. The average Bonchev–Trinajstić information content (AvgIpc) is 2.45. The van der Waals surface area contributed by atoms with Gasteiger partial charge < -0.3 is 10.1 Å². The van der Waals surface area contributed by atoms with E-state index in [1.807, 2.05) is 30.3 Å². The molecule has 104 valence electrons. The fraction of sp³-hybridized carbons (Fsp3) is 0.188. The molecule has 0 fully saturated rings. The molecule has 1 amide bonds. The third-order valence-electron chi connectivity index (χ3n) is 2.67. The van der Waals surface area contributed by atoms with Crippen LogP contribution in [0.15, 0.2) is 54.6 Å². The first kappa shape index (κ1) is 14.1. The van der Waals surface area contributed by atoms with Crippen molar-refractivity contribution in [1.29, 1.82) is 0 Å². The molecule has 2 rings (SSSR count). The van der Waals surface area contributed by atoms with Gasteiger partial charge in [0, 0.05) is 12.1 Å². The first-order chi connectivity index (χ1) is 9.74. The summed E-state index contributed by atoms with van der Waals surface area (Å²) >= 11 is 0. The van der Waals surface area contributed by atoms with Gasteiger partial charge in [0.25, 0.3) is 0 Å². The smallest absolute Gasteiger partial charge is 0.224 e. The maximum absolute atomic E-state index is 12.9. The largest absolute Gasteiger partial charge is 0.494 e. The Kier molecular flexibility index (Phi) is 5.12. The number of benzene rings is 2. The van der Waals surface area contributed by atoms with Gasteiger partial charge in [-0.1, -0.05) is 24.3 Å². The minimum atomic E-state index is -0.366. The molecule has 0 saturated carbocycles. The molecule has 2 aromatic rings. The Labute approximate surface area is 117 Å². The van der Waals surface area contributed by atoms with Gasteiger partial charge >= 0.3 is 0 Å². The van der Waals surface area contributed by atoms with E-state index >= 15 is 0 Å². The summed E-state index contributed by atoms with van der Waals surface area (Å²) in [6, 6.07) is 15.3. The van der Waals surface area contributed by atoms with Crippen molar-refractivity contribution in [3.63, 3.8) is 0 Å². The van der Waals surface area contributed by atoms with Crippen LogP contribution >= 0.6 is 0 Å². The van der Waals surface area contributed by atoms with Crippen LogP contribution in [0.25, 0.3) is 0 Å². The molecular weight excluding hydrogens is 257 g/mol. The molecule has 3 nitrogen and oxygen atoms in total. The molecule has 0 bridgehead atoms. The van der Waals surface area contributed by atoms with E-state index in [0.29, 0.717) is 25.1 Å². The quantitative estimate of drug-likeness (QED) is 0.816. The maximum Gasteiger partial charge on any atom is 0.224 e. The minimum absolute atomic E-state index is 0.146. The second-order valence-corrected chi connectivity index (χ2v) is 4.32. The van der Waals surface area contributed by atoms with Crippen molar-refractivity contribution in [3.8, 4) is 5.75 Å². The van der Waals surface area contributed by atoms with Gasteiger partial charge in [-0.3, -0.25) is 4.79 Å². The SMILES string of the molecule is O=C(CCCOc1ccccc1)Nc1cccc(F)c1. The lowest BCUT2D eigenvalue weighted by molar-refractivity contribution is -0.116. The van der Waals surface area contributed by atoms with Crippen molar-refractivity contribution < 1.29 is 13.9 Å². The van der Waals surface area contributed by atoms with Crippen molar-refractivity contribution >= 4 is 11.6 Å². The number of rotatable bonds is 6. The van der Waals surface area contributed by atoms with Crippen LogP contribution in [0.5, 0.6) is 5.75 Å². The molecule has 0 aliphatic heterocycles. The molecule has 2 aromatic carbocycles. The Balaban J connectivity index is 1.68.